The van der Waals surface area contributed by atoms with Gasteiger partial charge in [-0.2, -0.15) is 0 Å². The highest BCUT2D eigenvalue weighted by Crippen LogP contribution is 2.43. The Morgan fingerprint density at radius 1 is 1.11 bits per heavy atom. The first-order valence-corrected chi connectivity index (χ1v) is 8.20. The minimum atomic E-state index is 0.199. The molecule has 1 aliphatic heterocycles. The molecule has 2 nitrogen and oxygen atoms in total. The van der Waals surface area contributed by atoms with Gasteiger partial charge in [-0.15, -0.1) is 0 Å². The summed E-state index contributed by atoms with van der Waals surface area (Å²) in [5.74, 6) is 1.96. The molecule has 0 aromatic heterocycles. The highest BCUT2D eigenvalue weighted by atomic mass is 16.5. The molecule has 3 atom stereocenters. The molecule has 104 valence electrons. The van der Waals surface area contributed by atoms with Crippen LogP contribution in [-0.4, -0.2) is 24.8 Å². The fourth-order valence-electron chi connectivity index (χ4n) is 4.07. The van der Waals surface area contributed by atoms with E-state index < -0.39 is 0 Å². The van der Waals surface area contributed by atoms with Crippen LogP contribution in [0, 0.1) is 11.8 Å². The van der Waals surface area contributed by atoms with Gasteiger partial charge in [-0.05, 0) is 37.5 Å². The predicted octanol–water partition coefficient (Wildman–Crippen LogP) is 3.50. The van der Waals surface area contributed by atoms with E-state index in [1.54, 1.807) is 0 Å². The van der Waals surface area contributed by atoms with Gasteiger partial charge >= 0.3 is 0 Å². The molecular weight excluding hydrogens is 222 g/mol. The Kier molecular flexibility index (Phi) is 3.95. The van der Waals surface area contributed by atoms with Crippen molar-refractivity contribution in [2.75, 3.05) is 13.2 Å². The lowest BCUT2D eigenvalue weighted by atomic mass is 9.82. The first kappa shape index (κ1) is 12.9. The van der Waals surface area contributed by atoms with E-state index in [4.69, 9.17) is 4.74 Å². The number of rotatable bonds is 3. The van der Waals surface area contributed by atoms with Crippen molar-refractivity contribution < 1.29 is 4.74 Å². The van der Waals surface area contributed by atoms with Crippen LogP contribution in [-0.2, 0) is 4.74 Å². The van der Waals surface area contributed by atoms with Gasteiger partial charge in [0.2, 0.25) is 0 Å². The van der Waals surface area contributed by atoms with Gasteiger partial charge in [0.05, 0.1) is 12.2 Å². The summed E-state index contributed by atoms with van der Waals surface area (Å²) in [6.45, 7) is 4.35. The molecule has 0 amide bonds. The maximum Gasteiger partial charge on any atom is 0.0835 e. The number of morpholine rings is 1. The van der Waals surface area contributed by atoms with Gasteiger partial charge in [-0.1, -0.05) is 39.0 Å². The molecule has 3 unspecified atom stereocenters. The smallest absolute Gasteiger partial charge is 0.0835 e. The summed E-state index contributed by atoms with van der Waals surface area (Å²) in [5.41, 5.74) is 0.199. The first-order chi connectivity index (χ1) is 8.82. The zero-order valence-electron chi connectivity index (χ0n) is 11.9. The molecule has 2 heteroatoms. The first-order valence-electron chi connectivity index (χ1n) is 8.20. The van der Waals surface area contributed by atoms with Crippen LogP contribution in [0.5, 0.6) is 0 Å². The van der Waals surface area contributed by atoms with Crippen LogP contribution in [0.1, 0.15) is 64.7 Å². The minimum absolute atomic E-state index is 0.199. The second-order valence-corrected chi connectivity index (χ2v) is 6.80. The summed E-state index contributed by atoms with van der Waals surface area (Å²) in [6.07, 6.45) is 12.5. The average molecular weight is 251 g/mol. The van der Waals surface area contributed by atoms with Gasteiger partial charge in [-0.25, -0.2) is 0 Å². The summed E-state index contributed by atoms with van der Waals surface area (Å²) in [7, 11) is 0. The van der Waals surface area contributed by atoms with Crippen molar-refractivity contribution in [3.05, 3.63) is 0 Å². The van der Waals surface area contributed by atoms with E-state index in [9.17, 15) is 0 Å². The molecule has 0 aromatic carbocycles. The Balaban J connectivity index is 1.67. The zero-order valence-corrected chi connectivity index (χ0v) is 11.9. The predicted molar refractivity (Wildman–Crippen MR) is 74.7 cm³/mol. The molecule has 1 heterocycles. The van der Waals surface area contributed by atoms with E-state index in [-0.39, 0.29) is 5.60 Å². The molecule has 0 bridgehead atoms. The summed E-state index contributed by atoms with van der Waals surface area (Å²) in [4.78, 5) is 0. The van der Waals surface area contributed by atoms with E-state index in [2.05, 4.69) is 12.2 Å². The molecule has 2 aliphatic carbocycles. The number of ether oxygens (including phenoxy) is 1. The van der Waals surface area contributed by atoms with E-state index in [0.29, 0.717) is 6.04 Å². The van der Waals surface area contributed by atoms with Gasteiger partial charge in [0, 0.05) is 12.6 Å². The monoisotopic (exact) mass is 251 g/mol. The number of nitrogens with one attached hydrogen (secondary N) is 1. The lowest BCUT2D eigenvalue weighted by molar-refractivity contribution is -0.109. The molecule has 18 heavy (non-hydrogen) atoms. The average Bonchev–Trinajstić information content (AvgIpc) is 3.20. The third-order valence-electron chi connectivity index (χ3n) is 5.55. The SMILES string of the molecule is CCC1CCCC2(CC1)OCCNC2CC1CC1. The van der Waals surface area contributed by atoms with Crippen molar-refractivity contribution in [3.8, 4) is 0 Å². The third kappa shape index (κ3) is 2.75. The van der Waals surface area contributed by atoms with Crippen LogP contribution in [0.4, 0.5) is 0 Å². The molecule has 0 aromatic rings. The zero-order chi connectivity index (χ0) is 12.4. The molecule has 3 rings (SSSR count). The van der Waals surface area contributed by atoms with Crippen LogP contribution in [0.3, 0.4) is 0 Å². The van der Waals surface area contributed by atoms with Gasteiger partial charge in [0.1, 0.15) is 0 Å². The van der Waals surface area contributed by atoms with Gasteiger partial charge < -0.3 is 10.1 Å². The summed E-state index contributed by atoms with van der Waals surface area (Å²) in [5, 5.41) is 3.79. The van der Waals surface area contributed by atoms with Crippen molar-refractivity contribution >= 4 is 0 Å². The Labute approximate surface area is 112 Å². The highest BCUT2D eigenvalue weighted by molar-refractivity contribution is 4.99. The van der Waals surface area contributed by atoms with Crippen LogP contribution < -0.4 is 5.32 Å². The number of hydrogen-bond acceptors (Lipinski definition) is 2. The van der Waals surface area contributed by atoms with Crippen LogP contribution >= 0.6 is 0 Å². The fraction of sp³-hybridized carbons (Fsp3) is 1.00. The Hall–Kier alpha value is -0.0800. The van der Waals surface area contributed by atoms with Crippen molar-refractivity contribution in [3.63, 3.8) is 0 Å². The molecule has 2 saturated carbocycles. The maximum atomic E-state index is 6.36. The van der Waals surface area contributed by atoms with Crippen LogP contribution in [0.15, 0.2) is 0 Å². The second-order valence-electron chi connectivity index (χ2n) is 6.80. The Morgan fingerprint density at radius 2 is 2.00 bits per heavy atom. The van der Waals surface area contributed by atoms with Gasteiger partial charge in [0.25, 0.3) is 0 Å². The van der Waals surface area contributed by atoms with Crippen molar-refractivity contribution in [1.29, 1.82) is 0 Å². The van der Waals surface area contributed by atoms with Crippen molar-refractivity contribution in [1.82, 2.24) is 5.32 Å². The van der Waals surface area contributed by atoms with Crippen molar-refractivity contribution in [2.45, 2.75) is 76.4 Å². The normalized spacial score (nSPS) is 41.8. The molecule has 1 spiro atoms. The lowest BCUT2D eigenvalue weighted by Crippen LogP contribution is -2.58. The standard InChI is InChI=1S/C16H29NO/c1-2-13-4-3-8-16(9-7-13)15(12-14-5-6-14)17-10-11-18-16/h13-15,17H,2-12H2,1H3. The molecule has 3 aliphatic rings. The minimum Gasteiger partial charge on any atom is -0.372 e. The fourth-order valence-corrected chi connectivity index (χ4v) is 4.07. The molecule has 1 N–H and O–H groups in total. The third-order valence-corrected chi connectivity index (χ3v) is 5.55. The molecule has 0 radical (unpaired) electrons. The quantitative estimate of drug-likeness (QED) is 0.829. The van der Waals surface area contributed by atoms with E-state index >= 15 is 0 Å². The van der Waals surface area contributed by atoms with Gasteiger partial charge in [0.15, 0.2) is 0 Å². The summed E-state index contributed by atoms with van der Waals surface area (Å²) >= 11 is 0. The molecule has 1 saturated heterocycles. The number of hydrogen-bond donors (Lipinski definition) is 1. The van der Waals surface area contributed by atoms with E-state index in [1.165, 1.54) is 57.8 Å². The van der Waals surface area contributed by atoms with E-state index in [1.807, 2.05) is 0 Å². The van der Waals surface area contributed by atoms with E-state index in [0.717, 1.165) is 25.0 Å². The van der Waals surface area contributed by atoms with Crippen LogP contribution in [0.25, 0.3) is 0 Å². The van der Waals surface area contributed by atoms with Gasteiger partial charge in [-0.3, -0.25) is 0 Å². The topological polar surface area (TPSA) is 21.3 Å². The Bertz CT molecular complexity index is 276. The van der Waals surface area contributed by atoms with Crippen molar-refractivity contribution in [2.24, 2.45) is 11.8 Å². The molecular formula is C16H29NO. The maximum absolute atomic E-state index is 6.36. The summed E-state index contributed by atoms with van der Waals surface area (Å²) < 4.78 is 6.36. The lowest BCUT2D eigenvalue weighted by Gasteiger charge is -2.45. The summed E-state index contributed by atoms with van der Waals surface area (Å²) in [6, 6.07) is 0.648. The van der Waals surface area contributed by atoms with Crippen LogP contribution in [0.2, 0.25) is 0 Å². The Morgan fingerprint density at radius 3 is 2.78 bits per heavy atom. The highest BCUT2D eigenvalue weighted by Gasteiger charge is 2.44. The largest absolute Gasteiger partial charge is 0.372 e. The molecule has 3 fully saturated rings. The second kappa shape index (κ2) is 5.50.